The van der Waals surface area contributed by atoms with Crippen LogP contribution in [0.25, 0.3) is 0 Å². The molecular weight excluding hydrogens is 835 g/mol. The van der Waals surface area contributed by atoms with Crippen molar-refractivity contribution in [2.75, 3.05) is 72.4 Å². The SMILES string of the molecule is C=CCO[C@@]12Oc3ccc(OCCN4CC4)cc3[C@H]3[C@H](CCCCO)[C@@H](CCCCO)C=C(C(=NOCc4ccccc4)C[C@@H]1N(CCOCCO)C(=O)CCCCCCCCCCC)[C@H]32. The molecule has 2 aromatic carbocycles. The van der Waals surface area contributed by atoms with Crippen LogP contribution in [0.2, 0.25) is 0 Å². The maximum atomic E-state index is 15.0. The molecule has 1 saturated heterocycles. The zero-order valence-corrected chi connectivity index (χ0v) is 40.0. The number of hydrogen-bond acceptors (Lipinski definition) is 11. The summed E-state index contributed by atoms with van der Waals surface area (Å²) in [5.74, 6) is -0.188. The van der Waals surface area contributed by atoms with Gasteiger partial charge in [-0.1, -0.05) is 119 Å². The number of rotatable bonds is 34. The monoisotopic (exact) mass is 916 g/mol. The fourth-order valence-corrected chi connectivity index (χ4v) is 10.6. The highest BCUT2D eigenvalue weighted by Gasteiger charge is 2.65. The van der Waals surface area contributed by atoms with Crippen molar-refractivity contribution in [1.29, 1.82) is 0 Å². The molecule has 0 unspecified atom stereocenters. The number of unbranched alkanes of at least 4 members (excludes halogenated alkanes) is 10. The molecule has 2 aliphatic carbocycles. The Kier molecular flexibility index (Phi) is 21.8. The molecule has 2 aromatic rings. The van der Waals surface area contributed by atoms with Gasteiger partial charge in [0, 0.05) is 63.7 Å². The number of fused-ring (bicyclic) bond motifs is 2. The van der Waals surface area contributed by atoms with E-state index in [0.29, 0.717) is 38.0 Å². The first-order valence-corrected chi connectivity index (χ1v) is 25.6. The van der Waals surface area contributed by atoms with Crippen LogP contribution in [0.4, 0.5) is 0 Å². The van der Waals surface area contributed by atoms with E-state index in [1.165, 1.54) is 38.5 Å². The van der Waals surface area contributed by atoms with Gasteiger partial charge in [-0.3, -0.25) is 9.69 Å². The first-order valence-electron chi connectivity index (χ1n) is 25.6. The Morgan fingerprint density at radius 3 is 2.35 bits per heavy atom. The molecule has 0 radical (unpaired) electrons. The lowest BCUT2D eigenvalue weighted by molar-refractivity contribution is -0.258. The standard InChI is InChI=1S/C54H81N3O9/c1-3-5-6-7-8-9-10-11-15-24-51(61)57(30-35-62-37-33-60)50-40-48(55-65-41-42-20-13-12-14-21-42)46-38-43(22-16-18-31-58)45(23-17-19-32-59)52-47-39-44(63-36-29-56-27-28-56)25-26-49(47)66-54(50,53(46)52)64-34-4-2/h4,12-14,20-21,25-26,38-39,43,45,50,52-53,58-60H,2-3,5-11,15-19,22-24,27-37,40-41H2,1H3/t43-,45+,50-,52+,53+,54+/m0/s1. The number of nitrogens with zero attached hydrogens (tertiary/aromatic N) is 3. The molecule has 1 amide bonds. The molecule has 3 N–H and O–H groups in total. The Morgan fingerprint density at radius 1 is 0.894 bits per heavy atom. The van der Waals surface area contributed by atoms with Crippen molar-refractivity contribution in [1.82, 2.24) is 9.80 Å². The third-order valence-corrected chi connectivity index (χ3v) is 14.0. The average Bonchev–Trinajstić information content (AvgIpc) is 4.17. The molecule has 12 nitrogen and oxygen atoms in total. The number of allylic oxidation sites excluding steroid dienone is 1. The van der Waals surface area contributed by atoms with E-state index < -0.39 is 17.7 Å². The molecule has 2 fully saturated rings. The molecule has 66 heavy (non-hydrogen) atoms. The van der Waals surface area contributed by atoms with Gasteiger partial charge in [-0.2, -0.15) is 0 Å². The summed E-state index contributed by atoms with van der Waals surface area (Å²) in [5.41, 5.74) is 3.80. The first-order chi connectivity index (χ1) is 32.5. The number of oxime groups is 1. The van der Waals surface area contributed by atoms with Gasteiger partial charge in [-0.25, -0.2) is 0 Å². The van der Waals surface area contributed by atoms with Crippen LogP contribution in [0.3, 0.4) is 0 Å². The predicted molar refractivity (Wildman–Crippen MR) is 260 cm³/mol. The number of aliphatic hydroxyl groups is 3. The maximum Gasteiger partial charge on any atom is 0.239 e. The third kappa shape index (κ3) is 14.4. The van der Waals surface area contributed by atoms with Gasteiger partial charge in [0.05, 0.1) is 38.1 Å². The van der Waals surface area contributed by atoms with Crippen molar-refractivity contribution in [2.45, 2.75) is 140 Å². The Balaban J connectivity index is 1.45. The van der Waals surface area contributed by atoms with E-state index in [2.05, 4.69) is 30.5 Å². The molecule has 4 aliphatic rings. The van der Waals surface area contributed by atoms with Crippen molar-refractivity contribution in [3.8, 4) is 11.5 Å². The van der Waals surface area contributed by atoms with Gasteiger partial charge in [0.2, 0.25) is 11.7 Å². The summed E-state index contributed by atoms with van der Waals surface area (Å²) in [5, 5.41) is 34.7. The molecule has 0 aromatic heterocycles. The molecule has 0 spiro atoms. The van der Waals surface area contributed by atoms with Crippen LogP contribution in [0.5, 0.6) is 11.5 Å². The molecule has 366 valence electrons. The van der Waals surface area contributed by atoms with Crippen molar-refractivity contribution < 1.29 is 43.9 Å². The Hall–Kier alpha value is -3.78. The highest BCUT2D eigenvalue weighted by Crippen LogP contribution is 2.62. The summed E-state index contributed by atoms with van der Waals surface area (Å²) in [6.45, 7) is 11.3. The molecule has 6 rings (SSSR count). The normalized spacial score (nSPS) is 23.7. The molecule has 1 saturated carbocycles. The fourth-order valence-electron chi connectivity index (χ4n) is 10.6. The van der Waals surface area contributed by atoms with Gasteiger partial charge in [0.15, 0.2) is 0 Å². The smallest absolute Gasteiger partial charge is 0.239 e. The van der Waals surface area contributed by atoms with E-state index in [1.807, 2.05) is 47.4 Å². The number of carbonyl (C=O) groups excluding carboxylic acids is 1. The topological polar surface area (TPSA) is 143 Å². The number of carbonyl (C=O) groups is 1. The van der Waals surface area contributed by atoms with Crippen LogP contribution < -0.4 is 9.47 Å². The lowest BCUT2D eigenvalue weighted by atomic mass is 9.55. The average molecular weight is 916 g/mol. The largest absolute Gasteiger partial charge is 0.492 e. The first kappa shape index (κ1) is 51.6. The highest BCUT2D eigenvalue weighted by atomic mass is 16.7. The minimum atomic E-state index is -1.35. The van der Waals surface area contributed by atoms with Gasteiger partial charge in [-0.15, -0.1) is 6.58 Å². The summed E-state index contributed by atoms with van der Waals surface area (Å²) in [7, 11) is 0. The highest BCUT2D eigenvalue weighted by molar-refractivity contribution is 6.03. The summed E-state index contributed by atoms with van der Waals surface area (Å²) in [6.07, 6.45) is 20.0. The lowest BCUT2D eigenvalue weighted by Crippen LogP contribution is -2.70. The minimum absolute atomic E-state index is 0.00684. The summed E-state index contributed by atoms with van der Waals surface area (Å²) < 4.78 is 27.0. The van der Waals surface area contributed by atoms with Crippen molar-refractivity contribution in [2.24, 2.45) is 22.9 Å². The van der Waals surface area contributed by atoms with E-state index in [1.54, 1.807) is 6.08 Å². The minimum Gasteiger partial charge on any atom is -0.492 e. The van der Waals surface area contributed by atoms with Crippen molar-refractivity contribution in [3.05, 3.63) is 84.0 Å². The van der Waals surface area contributed by atoms with E-state index in [9.17, 15) is 20.1 Å². The molecular formula is C54H81N3O9. The van der Waals surface area contributed by atoms with E-state index in [4.69, 9.17) is 28.9 Å². The van der Waals surface area contributed by atoms with Gasteiger partial charge < -0.3 is 44.0 Å². The number of benzene rings is 2. The Morgan fingerprint density at radius 2 is 1.64 bits per heavy atom. The van der Waals surface area contributed by atoms with Gasteiger partial charge >= 0.3 is 0 Å². The summed E-state index contributed by atoms with van der Waals surface area (Å²) in [4.78, 5) is 25.5. The van der Waals surface area contributed by atoms with Crippen LogP contribution in [-0.2, 0) is 25.7 Å². The molecule has 2 aliphatic heterocycles. The maximum absolute atomic E-state index is 15.0. The number of aliphatic hydroxyl groups excluding tert-OH is 3. The quantitative estimate of drug-likeness (QED) is 0.0270. The van der Waals surface area contributed by atoms with Gasteiger partial charge in [0.1, 0.15) is 30.8 Å². The van der Waals surface area contributed by atoms with Gasteiger partial charge in [-0.05, 0) is 73.3 Å². The number of amides is 1. The van der Waals surface area contributed by atoms with E-state index in [-0.39, 0.29) is 76.5 Å². The fraction of sp³-hybridized carbons (Fsp3) is 0.667. The van der Waals surface area contributed by atoms with Crippen molar-refractivity contribution in [3.63, 3.8) is 0 Å². The Labute approximate surface area is 395 Å². The molecule has 12 heteroatoms. The van der Waals surface area contributed by atoms with Crippen LogP contribution >= 0.6 is 0 Å². The van der Waals surface area contributed by atoms with Gasteiger partial charge in [0.25, 0.3) is 0 Å². The number of ether oxygens (including phenoxy) is 4. The second-order valence-electron chi connectivity index (χ2n) is 18.7. The van der Waals surface area contributed by atoms with Crippen LogP contribution in [0, 0.1) is 17.8 Å². The summed E-state index contributed by atoms with van der Waals surface area (Å²) >= 11 is 0. The van der Waals surface area contributed by atoms with Crippen LogP contribution in [0.1, 0.15) is 133 Å². The molecule has 6 atom stereocenters. The van der Waals surface area contributed by atoms with E-state index in [0.717, 1.165) is 92.7 Å². The lowest BCUT2D eigenvalue weighted by Gasteiger charge is -2.60. The van der Waals surface area contributed by atoms with Crippen LogP contribution in [-0.4, -0.2) is 121 Å². The molecule has 2 heterocycles. The second-order valence-corrected chi connectivity index (χ2v) is 18.7. The predicted octanol–water partition coefficient (Wildman–Crippen LogP) is 8.97. The van der Waals surface area contributed by atoms with Crippen molar-refractivity contribution >= 4 is 11.6 Å². The molecule has 0 bridgehead atoms. The van der Waals surface area contributed by atoms with Crippen LogP contribution in [0.15, 0.2) is 78.0 Å². The zero-order chi connectivity index (χ0) is 46.4. The van der Waals surface area contributed by atoms with E-state index >= 15 is 0 Å². The second kappa shape index (κ2) is 27.9. The Bertz CT molecular complexity index is 1800. The summed E-state index contributed by atoms with van der Waals surface area (Å²) in [6, 6.07) is 15.5. The third-order valence-electron chi connectivity index (χ3n) is 14.0. The zero-order valence-electron chi connectivity index (χ0n) is 40.0. The number of hydrogen-bond donors (Lipinski definition) is 3.